The van der Waals surface area contributed by atoms with Crippen LogP contribution in [0.2, 0.25) is 0 Å². The fourth-order valence-electron chi connectivity index (χ4n) is 2.34. The Bertz CT molecular complexity index is 476. The summed E-state index contributed by atoms with van der Waals surface area (Å²) < 4.78 is 48.3. The smallest absolute Gasteiger partial charge is 0.307 e. The van der Waals surface area contributed by atoms with Crippen molar-refractivity contribution < 1.29 is 32.0 Å². The summed E-state index contributed by atoms with van der Waals surface area (Å²) in [4.78, 5) is 11.5. The second kappa shape index (κ2) is 8.51. The normalized spacial score (nSPS) is 17.7. The van der Waals surface area contributed by atoms with E-state index in [1.807, 2.05) is 0 Å². The molecule has 0 atom stereocenters. The molecule has 0 N–H and O–H groups in total. The standard InChI is InChI=1S/C12H24N2O7P2/c1-5-18-22(16,19-6-2)12(9-10-13-14(12)11-15)23(17,20-7-3)21-8-4/h10-11H,5-9H2,1-4H3. The van der Waals surface area contributed by atoms with Gasteiger partial charge in [-0.2, -0.15) is 5.10 Å². The quantitative estimate of drug-likeness (QED) is 0.407. The molecule has 0 radical (unpaired) electrons. The summed E-state index contributed by atoms with van der Waals surface area (Å²) >= 11 is 0. The van der Waals surface area contributed by atoms with Crippen molar-refractivity contribution in [3.05, 3.63) is 0 Å². The summed E-state index contributed by atoms with van der Waals surface area (Å²) in [5.74, 6) is 0. The Morgan fingerprint density at radius 3 is 1.70 bits per heavy atom. The lowest BCUT2D eigenvalue weighted by molar-refractivity contribution is -0.120. The lowest BCUT2D eigenvalue weighted by atomic mass is 10.5. The Balaban J connectivity index is 3.58. The van der Waals surface area contributed by atoms with Crippen LogP contribution in [0.1, 0.15) is 34.1 Å². The second-order valence-corrected chi connectivity index (χ2v) is 9.25. The SMILES string of the molecule is CCOP(=O)(OCC)C1(P(=O)(OCC)OCC)CC=NN1C=O. The monoisotopic (exact) mass is 370 g/mol. The van der Waals surface area contributed by atoms with Gasteiger partial charge in [-0.1, -0.05) is 0 Å². The summed E-state index contributed by atoms with van der Waals surface area (Å²) in [6, 6.07) is 0. The number of hydrogen-bond donors (Lipinski definition) is 0. The van der Waals surface area contributed by atoms with Crippen LogP contribution in [0.15, 0.2) is 5.10 Å². The number of carbonyl (C=O) groups excluding carboxylic acids is 1. The predicted octanol–water partition coefficient (Wildman–Crippen LogP) is 3.02. The first-order chi connectivity index (χ1) is 10.9. The van der Waals surface area contributed by atoms with Gasteiger partial charge in [0.25, 0.3) is 5.02 Å². The highest BCUT2D eigenvalue weighted by Crippen LogP contribution is 2.80. The molecule has 134 valence electrons. The topological polar surface area (TPSA) is 104 Å². The average molecular weight is 370 g/mol. The molecular weight excluding hydrogens is 346 g/mol. The number of carbonyl (C=O) groups is 1. The van der Waals surface area contributed by atoms with Gasteiger partial charge in [0.15, 0.2) is 0 Å². The fraction of sp³-hybridized carbons (Fsp3) is 0.833. The molecule has 0 fully saturated rings. The van der Waals surface area contributed by atoms with E-state index < -0.39 is 20.2 Å². The highest BCUT2D eigenvalue weighted by molar-refractivity contribution is 7.74. The molecule has 1 aliphatic rings. The van der Waals surface area contributed by atoms with Crippen LogP contribution in [0.3, 0.4) is 0 Å². The minimum Gasteiger partial charge on any atom is -0.307 e. The first kappa shape index (κ1) is 20.5. The Kier molecular flexibility index (Phi) is 7.58. The molecule has 0 unspecified atom stereocenters. The van der Waals surface area contributed by atoms with Gasteiger partial charge in [-0.25, -0.2) is 5.01 Å². The Hall–Kier alpha value is -0.560. The molecule has 1 heterocycles. The number of hydrogen-bond acceptors (Lipinski definition) is 8. The van der Waals surface area contributed by atoms with E-state index in [9.17, 15) is 13.9 Å². The van der Waals surface area contributed by atoms with E-state index in [4.69, 9.17) is 18.1 Å². The third-order valence-electron chi connectivity index (χ3n) is 3.11. The van der Waals surface area contributed by atoms with E-state index in [1.54, 1.807) is 27.7 Å². The minimum atomic E-state index is -4.10. The van der Waals surface area contributed by atoms with Crippen LogP contribution in [0, 0.1) is 0 Å². The molecule has 11 heteroatoms. The molecule has 0 aromatic rings. The summed E-state index contributed by atoms with van der Waals surface area (Å²) in [7, 11) is -8.19. The van der Waals surface area contributed by atoms with E-state index in [2.05, 4.69) is 5.10 Å². The zero-order chi connectivity index (χ0) is 17.6. The molecule has 0 saturated heterocycles. The lowest BCUT2D eigenvalue weighted by Crippen LogP contribution is -2.44. The largest absolute Gasteiger partial charge is 0.371 e. The average Bonchev–Trinajstić information content (AvgIpc) is 2.94. The zero-order valence-corrected chi connectivity index (χ0v) is 15.6. The van der Waals surface area contributed by atoms with Crippen molar-refractivity contribution in [2.45, 2.75) is 39.1 Å². The summed E-state index contributed by atoms with van der Waals surface area (Å²) in [5.41, 5.74) is 0. The molecule has 0 aromatic carbocycles. The molecule has 0 aliphatic carbocycles. The van der Waals surface area contributed by atoms with E-state index in [1.165, 1.54) is 6.21 Å². The first-order valence-corrected chi connectivity index (χ1v) is 10.5. The van der Waals surface area contributed by atoms with Crippen LogP contribution < -0.4 is 0 Å². The summed E-state index contributed by atoms with van der Waals surface area (Å²) in [6.07, 6.45) is 1.52. The van der Waals surface area contributed by atoms with E-state index >= 15 is 0 Å². The van der Waals surface area contributed by atoms with Crippen LogP contribution in [-0.2, 0) is 32.0 Å². The fourth-order valence-corrected chi connectivity index (χ4v) is 7.88. The van der Waals surface area contributed by atoms with Gasteiger partial charge >= 0.3 is 15.2 Å². The van der Waals surface area contributed by atoms with Gasteiger partial charge in [0.1, 0.15) is 0 Å². The van der Waals surface area contributed by atoms with Crippen molar-refractivity contribution in [3.8, 4) is 0 Å². The maximum absolute atomic E-state index is 13.4. The molecule has 9 nitrogen and oxygen atoms in total. The van der Waals surface area contributed by atoms with Gasteiger partial charge in [0.05, 0.1) is 26.4 Å². The summed E-state index contributed by atoms with van der Waals surface area (Å²) in [5, 5.41) is 2.67. The lowest BCUT2D eigenvalue weighted by Gasteiger charge is -2.41. The molecule has 1 amide bonds. The maximum atomic E-state index is 13.4. The molecule has 1 aliphatic heterocycles. The van der Waals surface area contributed by atoms with E-state index in [0.29, 0.717) is 6.41 Å². The van der Waals surface area contributed by atoms with Gasteiger partial charge < -0.3 is 18.1 Å². The number of rotatable bonds is 11. The van der Waals surface area contributed by atoms with Crippen molar-refractivity contribution in [1.29, 1.82) is 0 Å². The van der Waals surface area contributed by atoms with Crippen LogP contribution in [0.4, 0.5) is 0 Å². The van der Waals surface area contributed by atoms with Gasteiger partial charge in [-0.3, -0.25) is 13.9 Å². The highest BCUT2D eigenvalue weighted by atomic mass is 31.2. The summed E-state index contributed by atoms with van der Waals surface area (Å²) in [6.45, 7) is 6.60. The van der Waals surface area contributed by atoms with Crippen LogP contribution in [0.25, 0.3) is 0 Å². The molecule has 0 saturated carbocycles. The van der Waals surface area contributed by atoms with Gasteiger partial charge in [0.2, 0.25) is 6.41 Å². The third-order valence-corrected chi connectivity index (χ3v) is 9.50. The molecule has 0 spiro atoms. The van der Waals surface area contributed by atoms with Crippen molar-refractivity contribution in [2.75, 3.05) is 26.4 Å². The highest BCUT2D eigenvalue weighted by Gasteiger charge is 2.70. The van der Waals surface area contributed by atoms with Gasteiger partial charge in [-0.15, -0.1) is 0 Å². The van der Waals surface area contributed by atoms with Crippen LogP contribution >= 0.6 is 15.2 Å². The molecule has 0 bridgehead atoms. The molecule has 23 heavy (non-hydrogen) atoms. The van der Waals surface area contributed by atoms with Crippen molar-refractivity contribution in [1.82, 2.24) is 5.01 Å². The second-order valence-electron chi connectivity index (χ2n) is 4.39. The number of hydrazone groups is 1. The third kappa shape index (κ3) is 3.45. The number of amides is 1. The van der Waals surface area contributed by atoms with Crippen LogP contribution in [0.5, 0.6) is 0 Å². The maximum Gasteiger partial charge on any atom is 0.371 e. The minimum absolute atomic E-state index is 0.0317. The van der Waals surface area contributed by atoms with Crippen LogP contribution in [-0.4, -0.2) is 49.1 Å². The van der Waals surface area contributed by atoms with Crippen molar-refractivity contribution >= 4 is 27.8 Å². The number of nitrogens with zero attached hydrogens (tertiary/aromatic N) is 2. The van der Waals surface area contributed by atoms with E-state index in [-0.39, 0.29) is 32.8 Å². The first-order valence-electron chi connectivity index (χ1n) is 7.46. The van der Waals surface area contributed by atoms with Gasteiger partial charge in [-0.05, 0) is 27.7 Å². The van der Waals surface area contributed by atoms with E-state index in [0.717, 1.165) is 5.01 Å². The Morgan fingerprint density at radius 1 is 1.00 bits per heavy atom. The molecule has 1 rings (SSSR count). The van der Waals surface area contributed by atoms with Crippen molar-refractivity contribution in [2.24, 2.45) is 5.10 Å². The van der Waals surface area contributed by atoms with Crippen molar-refractivity contribution in [3.63, 3.8) is 0 Å². The predicted molar refractivity (Wildman–Crippen MR) is 85.5 cm³/mol. The molecular formula is C12H24N2O7P2. The van der Waals surface area contributed by atoms with Gasteiger partial charge in [0, 0.05) is 12.6 Å². The Labute approximate surface area is 136 Å². The molecule has 0 aromatic heterocycles. The Morgan fingerprint density at radius 2 is 1.39 bits per heavy atom. The zero-order valence-electron chi connectivity index (χ0n) is 13.8.